The molecule has 1 aliphatic heterocycles. The maximum absolute atomic E-state index is 11.2. The summed E-state index contributed by atoms with van der Waals surface area (Å²) in [4.78, 5) is 13.2. The summed E-state index contributed by atoms with van der Waals surface area (Å²) in [6, 6.07) is 7.85. The molecule has 1 aromatic rings. The van der Waals surface area contributed by atoms with Gasteiger partial charge in [-0.05, 0) is 30.5 Å². The standard InChI is InChI=1S/C15H22N2O3/c1-19-13-5-2-4-12(8-13)9-17(11-15(16)18)10-14-6-3-7-20-14/h2,4-5,8,14H,3,6-7,9-11H2,1H3,(H2,16,18). The van der Waals surface area contributed by atoms with Crippen LogP contribution in [0, 0.1) is 0 Å². The Balaban J connectivity index is 1.99. The van der Waals surface area contributed by atoms with Crippen LogP contribution in [0.25, 0.3) is 0 Å². The zero-order valence-electron chi connectivity index (χ0n) is 11.9. The second-order valence-electron chi connectivity index (χ2n) is 5.12. The highest BCUT2D eigenvalue weighted by Gasteiger charge is 2.20. The van der Waals surface area contributed by atoms with Gasteiger partial charge in [-0.2, -0.15) is 0 Å². The van der Waals surface area contributed by atoms with Crippen LogP contribution in [-0.2, 0) is 16.1 Å². The number of carbonyl (C=O) groups excluding carboxylic acids is 1. The first-order valence-electron chi connectivity index (χ1n) is 6.92. The maximum Gasteiger partial charge on any atom is 0.231 e. The Morgan fingerprint density at radius 1 is 1.55 bits per heavy atom. The molecule has 0 aromatic heterocycles. The molecular formula is C15H22N2O3. The number of amides is 1. The highest BCUT2D eigenvalue weighted by molar-refractivity contribution is 5.75. The van der Waals surface area contributed by atoms with Crippen molar-refractivity contribution in [3.63, 3.8) is 0 Å². The lowest BCUT2D eigenvalue weighted by atomic mass is 10.1. The molecule has 0 spiro atoms. The van der Waals surface area contributed by atoms with E-state index in [1.807, 2.05) is 29.2 Å². The van der Waals surface area contributed by atoms with E-state index in [1.165, 1.54) is 0 Å². The molecule has 1 aromatic carbocycles. The molecule has 1 amide bonds. The molecule has 2 rings (SSSR count). The Labute approximate surface area is 119 Å². The lowest BCUT2D eigenvalue weighted by Gasteiger charge is -2.24. The van der Waals surface area contributed by atoms with Crippen molar-refractivity contribution in [2.75, 3.05) is 26.8 Å². The fourth-order valence-corrected chi connectivity index (χ4v) is 2.51. The number of benzene rings is 1. The normalized spacial score (nSPS) is 18.4. The highest BCUT2D eigenvalue weighted by Crippen LogP contribution is 2.17. The van der Waals surface area contributed by atoms with Crippen LogP contribution < -0.4 is 10.5 Å². The first-order valence-corrected chi connectivity index (χ1v) is 6.92. The van der Waals surface area contributed by atoms with Gasteiger partial charge in [-0.3, -0.25) is 9.69 Å². The zero-order chi connectivity index (χ0) is 14.4. The number of nitrogens with zero attached hydrogens (tertiary/aromatic N) is 1. The van der Waals surface area contributed by atoms with Gasteiger partial charge < -0.3 is 15.2 Å². The number of ether oxygens (including phenoxy) is 2. The van der Waals surface area contributed by atoms with E-state index in [9.17, 15) is 4.79 Å². The minimum atomic E-state index is -0.314. The molecule has 5 heteroatoms. The lowest BCUT2D eigenvalue weighted by Crippen LogP contribution is -2.38. The Morgan fingerprint density at radius 3 is 3.05 bits per heavy atom. The van der Waals surface area contributed by atoms with Crippen LogP contribution in [0.5, 0.6) is 5.75 Å². The molecule has 1 saturated heterocycles. The summed E-state index contributed by atoms with van der Waals surface area (Å²) in [5.41, 5.74) is 6.43. The van der Waals surface area contributed by atoms with Crippen molar-refractivity contribution in [2.24, 2.45) is 5.73 Å². The Hall–Kier alpha value is -1.59. The predicted molar refractivity (Wildman–Crippen MR) is 76.4 cm³/mol. The number of nitrogens with two attached hydrogens (primary N) is 1. The van der Waals surface area contributed by atoms with E-state index in [0.29, 0.717) is 6.54 Å². The van der Waals surface area contributed by atoms with E-state index in [0.717, 1.165) is 37.3 Å². The fourth-order valence-electron chi connectivity index (χ4n) is 2.51. The number of rotatable bonds is 7. The summed E-state index contributed by atoms with van der Waals surface area (Å²) in [6.45, 7) is 2.46. The SMILES string of the molecule is COc1cccc(CN(CC(N)=O)CC2CCCO2)c1. The third kappa shape index (κ3) is 4.51. The second kappa shape index (κ2) is 7.26. The van der Waals surface area contributed by atoms with Crippen LogP contribution in [-0.4, -0.2) is 43.7 Å². The van der Waals surface area contributed by atoms with Gasteiger partial charge in [0.1, 0.15) is 5.75 Å². The van der Waals surface area contributed by atoms with Gasteiger partial charge in [-0.15, -0.1) is 0 Å². The van der Waals surface area contributed by atoms with Crippen molar-refractivity contribution in [3.05, 3.63) is 29.8 Å². The van der Waals surface area contributed by atoms with Crippen molar-refractivity contribution < 1.29 is 14.3 Å². The van der Waals surface area contributed by atoms with E-state index in [-0.39, 0.29) is 18.6 Å². The number of hydrogen-bond donors (Lipinski definition) is 1. The number of methoxy groups -OCH3 is 1. The van der Waals surface area contributed by atoms with Crippen LogP contribution in [0.1, 0.15) is 18.4 Å². The van der Waals surface area contributed by atoms with Gasteiger partial charge in [0, 0.05) is 19.7 Å². The fraction of sp³-hybridized carbons (Fsp3) is 0.533. The Kier molecular flexibility index (Phi) is 5.38. The smallest absolute Gasteiger partial charge is 0.231 e. The topological polar surface area (TPSA) is 64.8 Å². The minimum Gasteiger partial charge on any atom is -0.497 e. The van der Waals surface area contributed by atoms with E-state index >= 15 is 0 Å². The van der Waals surface area contributed by atoms with E-state index < -0.39 is 0 Å². The zero-order valence-corrected chi connectivity index (χ0v) is 11.9. The predicted octanol–water partition coefficient (Wildman–Crippen LogP) is 1.16. The minimum absolute atomic E-state index is 0.208. The quantitative estimate of drug-likeness (QED) is 0.813. The Morgan fingerprint density at radius 2 is 2.40 bits per heavy atom. The van der Waals surface area contributed by atoms with Crippen LogP contribution in [0.2, 0.25) is 0 Å². The van der Waals surface area contributed by atoms with Gasteiger partial charge >= 0.3 is 0 Å². The van der Waals surface area contributed by atoms with E-state index in [4.69, 9.17) is 15.2 Å². The highest BCUT2D eigenvalue weighted by atomic mass is 16.5. The van der Waals surface area contributed by atoms with Crippen molar-refractivity contribution in [3.8, 4) is 5.75 Å². The van der Waals surface area contributed by atoms with Crippen LogP contribution >= 0.6 is 0 Å². The maximum atomic E-state index is 11.2. The van der Waals surface area contributed by atoms with Gasteiger partial charge in [-0.1, -0.05) is 12.1 Å². The van der Waals surface area contributed by atoms with Gasteiger partial charge in [0.25, 0.3) is 0 Å². The van der Waals surface area contributed by atoms with Crippen molar-refractivity contribution in [2.45, 2.75) is 25.5 Å². The molecule has 1 unspecified atom stereocenters. The first-order chi connectivity index (χ1) is 9.67. The summed E-state index contributed by atoms with van der Waals surface area (Å²) < 4.78 is 10.8. The van der Waals surface area contributed by atoms with Gasteiger partial charge in [-0.25, -0.2) is 0 Å². The van der Waals surface area contributed by atoms with Gasteiger partial charge in [0.15, 0.2) is 0 Å². The lowest BCUT2D eigenvalue weighted by molar-refractivity contribution is -0.119. The Bertz CT molecular complexity index is 444. The molecule has 1 atom stereocenters. The van der Waals surface area contributed by atoms with Crippen LogP contribution in [0.4, 0.5) is 0 Å². The van der Waals surface area contributed by atoms with E-state index in [2.05, 4.69) is 0 Å². The van der Waals surface area contributed by atoms with E-state index in [1.54, 1.807) is 7.11 Å². The molecule has 110 valence electrons. The summed E-state index contributed by atoms with van der Waals surface area (Å²) in [5, 5.41) is 0. The summed E-state index contributed by atoms with van der Waals surface area (Å²) >= 11 is 0. The first kappa shape index (κ1) is 14.8. The molecule has 0 radical (unpaired) electrons. The second-order valence-corrected chi connectivity index (χ2v) is 5.12. The van der Waals surface area contributed by atoms with Crippen molar-refractivity contribution in [1.29, 1.82) is 0 Å². The molecule has 5 nitrogen and oxygen atoms in total. The molecule has 2 N–H and O–H groups in total. The third-order valence-corrected chi connectivity index (χ3v) is 3.41. The van der Waals surface area contributed by atoms with Crippen LogP contribution in [0.3, 0.4) is 0 Å². The van der Waals surface area contributed by atoms with Crippen molar-refractivity contribution in [1.82, 2.24) is 4.90 Å². The van der Waals surface area contributed by atoms with Gasteiger partial charge in [0.2, 0.25) is 5.91 Å². The van der Waals surface area contributed by atoms with Crippen LogP contribution in [0.15, 0.2) is 24.3 Å². The molecule has 1 heterocycles. The molecule has 0 bridgehead atoms. The number of carbonyl (C=O) groups is 1. The molecule has 1 aliphatic rings. The molecule has 1 fully saturated rings. The van der Waals surface area contributed by atoms with Gasteiger partial charge in [0.05, 0.1) is 19.8 Å². The molecule has 0 aliphatic carbocycles. The summed E-state index contributed by atoms with van der Waals surface area (Å²) in [6.07, 6.45) is 2.35. The average Bonchev–Trinajstić information content (AvgIpc) is 2.91. The third-order valence-electron chi connectivity index (χ3n) is 3.41. The average molecular weight is 278 g/mol. The molecule has 0 saturated carbocycles. The largest absolute Gasteiger partial charge is 0.497 e. The summed E-state index contributed by atoms with van der Waals surface area (Å²) in [5.74, 6) is 0.504. The molecular weight excluding hydrogens is 256 g/mol. The summed E-state index contributed by atoms with van der Waals surface area (Å²) in [7, 11) is 1.65. The monoisotopic (exact) mass is 278 g/mol. The number of primary amides is 1. The van der Waals surface area contributed by atoms with Crippen molar-refractivity contribution >= 4 is 5.91 Å². The number of hydrogen-bond acceptors (Lipinski definition) is 4. The molecule has 20 heavy (non-hydrogen) atoms.